The molecule has 1 aliphatic rings. The van der Waals surface area contributed by atoms with Crippen LogP contribution in [0, 0.1) is 0 Å². The van der Waals surface area contributed by atoms with Crippen molar-refractivity contribution in [2.45, 2.75) is 5.92 Å². The van der Waals surface area contributed by atoms with E-state index in [0.29, 0.717) is 11.5 Å². The van der Waals surface area contributed by atoms with E-state index < -0.39 is 0 Å². The number of carbonyl (C=O) groups is 1. The number of Topliss-reactive ketones (excluding diaryl/α,β-unsaturated/α-hetero) is 1. The van der Waals surface area contributed by atoms with Gasteiger partial charge in [0.15, 0.2) is 5.78 Å². The zero-order valence-electron chi connectivity index (χ0n) is 9.24. The fraction of sp³-hybridized carbons (Fsp3) is 0.417. The van der Waals surface area contributed by atoms with Crippen molar-refractivity contribution in [3.63, 3.8) is 0 Å². The molecule has 1 aromatic carbocycles. The number of halogens is 1. The summed E-state index contributed by atoms with van der Waals surface area (Å²) < 4.78 is 1.02. The summed E-state index contributed by atoms with van der Waals surface area (Å²) in [5, 5.41) is 0. The quantitative estimate of drug-likeness (QED) is 0.857. The Hall–Kier alpha value is -0.710. The monoisotopic (exact) mass is 282 g/mol. The molecular formula is C12H15BrN2O. The molecule has 0 amide bonds. The van der Waals surface area contributed by atoms with E-state index in [4.69, 9.17) is 5.73 Å². The molecule has 0 aromatic heterocycles. The van der Waals surface area contributed by atoms with Crippen LogP contribution >= 0.6 is 15.9 Å². The zero-order chi connectivity index (χ0) is 11.7. The minimum absolute atomic E-state index is 0.0158. The standard InChI is InChI=1S/C12H15BrN2O/c1-15-6-9(7-15)10-3-2-8(4-11(10)13)12(16)5-14/h2-4,9H,5-7,14H2,1H3. The Bertz CT molecular complexity index is 413. The molecule has 0 atom stereocenters. The number of likely N-dealkylation sites (tertiary alicyclic amines) is 1. The molecule has 1 aromatic rings. The van der Waals surface area contributed by atoms with Crippen LogP contribution in [0.5, 0.6) is 0 Å². The Balaban J connectivity index is 2.20. The van der Waals surface area contributed by atoms with Crippen LogP contribution in [0.1, 0.15) is 21.8 Å². The number of nitrogens with two attached hydrogens (primary N) is 1. The molecule has 1 aliphatic heterocycles. The lowest BCUT2D eigenvalue weighted by atomic mass is 9.91. The van der Waals surface area contributed by atoms with Gasteiger partial charge in [-0.1, -0.05) is 28.1 Å². The van der Waals surface area contributed by atoms with Crippen LogP contribution < -0.4 is 5.73 Å². The summed E-state index contributed by atoms with van der Waals surface area (Å²) in [5.41, 5.74) is 7.31. The van der Waals surface area contributed by atoms with E-state index in [2.05, 4.69) is 27.9 Å². The Morgan fingerprint density at radius 2 is 2.25 bits per heavy atom. The maximum atomic E-state index is 11.4. The molecule has 0 bridgehead atoms. The lowest BCUT2D eigenvalue weighted by Gasteiger charge is -2.37. The summed E-state index contributed by atoms with van der Waals surface area (Å²) in [6.45, 7) is 2.24. The van der Waals surface area contributed by atoms with E-state index in [1.807, 2.05) is 18.2 Å². The van der Waals surface area contributed by atoms with Gasteiger partial charge < -0.3 is 10.6 Å². The predicted molar refractivity (Wildman–Crippen MR) is 67.8 cm³/mol. The number of rotatable bonds is 3. The van der Waals surface area contributed by atoms with Crippen LogP contribution in [0.3, 0.4) is 0 Å². The second-order valence-electron chi connectivity index (χ2n) is 4.28. The number of benzene rings is 1. The number of carbonyl (C=O) groups excluding carboxylic acids is 1. The van der Waals surface area contributed by atoms with Crippen LogP contribution in [0.25, 0.3) is 0 Å². The highest BCUT2D eigenvalue weighted by Crippen LogP contribution is 2.31. The number of hydrogen-bond donors (Lipinski definition) is 1. The molecule has 2 N–H and O–H groups in total. The maximum Gasteiger partial charge on any atom is 0.176 e. The van der Waals surface area contributed by atoms with Crippen molar-refractivity contribution in [1.82, 2.24) is 4.90 Å². The van der Waals surface area contributed by atoms with Crippen LogP contribution in [-0.2, 0) is 0 Å². The van der Waals surface area contributed by atoms with E-state index in [1.54, 1.807) is 0 Å². The van der Waals surface area contributed by atoms with Crippen molar-refractivity contribution in [2.75, 3.05) is 26.7 Å². The molecule has 0 saturated carbocycles. The first-order valence-electron chi connectivity index (χ1n) is 5.33. The molecule has 0 aliphatic carbocycles. The van der Waals surface area contributed by atoms with E-state index in [9.17, 15) is 4.79 Å². The Morgan fingerprint density at radius 1 is 1.56 bits per heavy atom. The molecule has 1 saturated heterocycles. The van der Waals surface area contributed by atoms with Gasteiger partial charge in [0, 0.05) is 29.0 Å². The van der Waals surface area contributed by atoms with E-state index in [0.717, 1.165) is 17.6 Å². The summed E-state index contributed by atoms with van der Waals surface area (Å²) in [6.07, 6.45) is 0. The second kappa shape index (κ2) is 4.65. The molecule has 2 rings (SSSR count). The Morgan fingerprint density at radius 3 is 2.75 bits per heavy atom. The van der Waals surface area contributed by atoms with Crippen LogP contribution in [0.4, 0.5) is 0 Å². The first-order chi connectivity index (χ1) is 7.61. The van der Waals surface area contributed by atoms with Crippen molar-refractivity contribution in [1.29, 1.82) is 0 Å². The molecule has 0 spiro atoms. The lowest BCUT2D eigenvalue weighted by Crippen LogP contribution is -2.41. The summed E-state index contributed by atoms with van der Waals surface area (Å²) in [5.74, 6) is 0.569. The molecular weight excluding hydrogens is 268 g/mol. The second-order valence-corrected chi connectivity index (χ2v) is 5.14. The summed E-state index contributed by atoms with van der Waals surface area (Å²) in [4.78, 5) is 13.7. The highest BCUT2D eigenvalue weighted by Gasteiger charge is 2.26. The van der Waals surface area contributed by atoms with Crippen LogP contribution in [0.15, 0.2) is 22.7 Å². The molecule has 0 radical (unpaired) electrons. The number of hydrogen-bond acceptors (Lipinski definition) is 3. The Kier molecular flexibility index (Phi) is 3.42. The van der Waals surface area contributed by atoms with Gasteiger partial charge in [-0.15, -0.1) is 0 Å². The molecule has 16 heavy (non-hydrogen) atoms. The van der Waals surface area contributed by atoms with Crippen molar-refractivity contribution in [2.24, 2.45) is 5.73 Å². The maximum absolute atomic E-state index is 11.4. The first kappa shape index (κ1) is 11.8. The van der Waals surface area contributed by atoms with Crippen molar-refractivity contribution >= 4 is 21.7 Å². The number of ketones is 1. The van der Waals surface area contributed by atoms with Crippen molar-refractivity contribution < 1.29 is 4.79 Å². The highest BCUT2D eigenvalue weighted by molar-refractivity contribution is 9.10. The third-order valence-corrected chi connectivity index (χ3v) is 3.70. The SMILES string of the molecule is CN1CC(c2ccc(C(=O)CN)cc2Br)C1. The van der Waals surface area contributed by atoms with Gasteiger partial charge in [0.1, 0.15) is 0 Å². The van der Waals surface area contributed by atoms with E-state index in [-0.39, 0.29) is 12.3 Å². The van der Waals surface area contributed by atoms with Gasteiger partial charge in [-0.25, -0.2) is 0 Å². The molecule has 0 unspecified atom stereocenters. The third-order valence-electron chi connectivity index (χ3n) is 3.01. The molecule has 1 heterocycles. The predicted octanol–water partition coefficient (Wildman–Crippen LogP) is 1.62. The summed E-state index contributed by atoms with van der Waals surface area (Å²) >= 11 is 3.53. The average molecular weight is 283 g/mol. The van der Waals surface area contributed by atoms with Gasteiger partial charge in [0.25, 0.3) is 0 Å². The minimum Gasteiger partial charge on any atom is -0.324 e. The zero-order valence-corrected chi connectivity index (χ0v) is 10.8. The molecule has 4 heteroatoms. The topological polar surface area (TPSA) is 46.3 Å². The fourth-order valence-corrected chi connectivity index (χ4v) is 2.75. The van der Waals surface area contributed by atoms with Crippen molar-refractivity contribution in [3.05, 3.63) is 33.8 Å². The Labute approximate surface area is 104 Å². The first-order valence-corrected chi connectivity index (χ1v) is 6.12. The van der Waals surface area contributed by atoms with E-state index >= 15 is 0 Å². The van der Waals surface area contributed by atoms with E-state index in [1.165, 1.54) is 5.56 Å². The van der Waals surface area contributed by atoms with Crippen LogP contribution in [0.2, 0.25) is 0 Å². The van der Waals surface area contributed by atoms with Crippen LogP contribution in [-0.4, -0.2) is 37.4 Å². The summed E-state index contributed by atoms with van der Waals surface area (Å²) in [6, 6.07) is 5.78. The van der Waals surface area contributed by atoms with Gasteiger partial charge in [0.05, 0.1) is 6.54 Å². The van der Waals surface area contributed by atoms with Gasteiger partial charge in [-0.05, 0) is 18.7 Å². The largest absolute Gasteiger partial charge is 0.324 e. The average Bonchev–Trinajstić information content (AvgIpc) is 2.24. The van der Waals surface area contributed by atoms with Gasteiger partial charge in [-0.3, -0.25) is 4.79 Å². The highest BCUT2D eigenvalue weighted by atomic mass is 79.9. The molecule has 3 nitrogen and oxygen atoms in total. The third kappa shape index (κ3) is 2.19. The van der Waals surface area contributed by atoms with Gasteiger partial charge >= 0.3 is 0 Å². The summed E-state index contributed by atoms with van der Waals surface area (Å²) in [7, 11) is 2.11. The fourth-order valence-electron chi connectivity index (χ4n) is 2.05. The van der Waals surface area contributed by atoms with Gasteiger partial charge in [-0.2, -0.15) is 0 Å². The number of likely N-dealkylation sites (N-methyl/N-ethyl adjacent to an activating group) is 1. The number of nitrogens with zero attached hydrogens (tertiary/aromatic N) is 1. The minimum atomic E-state index is -0.0158. The lowest BCUT2D eigenvalue weighted by molar-refractivity contribution is 0.100. The molecule has 86 valence electrons. The van der Waals surface area contributed by atoms with Gasteiger partial charge in [0.2, 0.25) is 0 Å². The smallest absolute Gasteiger partial charge is 0.176 e. The normalized spacial score (nSPS) is 17.2. The van der Waals surface area contributed by atoms with Crippen molar-refractivity contribution in [3.8, 4) is 0 Å². The molecule has 1 fully saturated rings.